The molecule has 0 aliphatic carbocycles. The van der Waals surface area contributed by atoms with Crippen molar-refractivity contribution in [3.05, 3.63) is 68.7 Å². The largest absolute Gasteiger partial charge is 0.435 e. The van der Waals surface area contributed by atoms with Gasteiger partial charge in [-0.2, -0.15) is 13.2 Å². The Morgan fingerprint density at radius 1 is 1.16 bits per heavy atom. The van der Waals surface area contributed by atoms with E-state index in [4.69, 9.17) is 32.8 Å². The van der Waals surface area contributed by atoms with Crippen LogP contribution in [0.3, 0.4) is 0 Å². The lowest BCUT2D eigenvalue weighted by molar-refractivity contribution is -0.275. The highest BCUT2D eigenvalue weighted by Crippen LogP contribution is 2.49. The maximum absolute atomic E-state index is 14.1. The topological polar surface area (TPSA) is 59.9 Å². The van der Waals surface area contributed by atoms with E-state index in [0.717, 1.165) is 0 Å². The molecule has 2 aliphatic heterocycles. The number of halogens is 5. The van der Waals surface area contributed by atoms with Gasteiger partial charge in [0, 0.05) is 27.6 Å². The van der Waals surface area contributed by atoms with Gasteiger partial charge < -0.3 is 14.3 Å². The zero-order valence-corrected chi connectivity index (χ0v) is 18.5. The number of carbonyl (C=O) groups excluding carboxylic acids is 1. The van der Waals surface area contributed by atoms with E-state index in [1.165, 1.54) is 18.2 Å². The first kappa shape index (κ1) is 22.3. The van der Waals surface area contributed by atoms with Gasteiger partial charge in [-0.05, 0) is 48.4 Å². The molecule has 2 aromatic rings. The number of alkyl halides is 3. The van der Waals surface area contributed by atoms with Crippen molar-refractivity contribution in [2.24, 2.45) is 5.16 Å². The second kappa shape index (κ2) is 8.20. The number of hydrogen-bond acceptors (Lipinski definition) is 4. The fourth-order valence-corrected chi connectivity index (χ4v) is 4.82. The molecule has 1 amide bonds. The van der Waals surface area contributed by atoms with Crippen LogP contribution in [0.4, 0.5) is 13.2 Å². The maximum atomic E-state index is 14.1. The van der Waals surface area contributed by atoms with Crippen molar-refractivity contribution in [1.29, 1.82) is 0 Å². The summed E-state index contributed by atoms with van der Waals surface area (Å²) in [5.41, 5.74) is -1.32. The van der Waals surface area contributed by atoms with E-state index in [1.54, 1.807) is 25.1 Å². The third kappa shape index (κ3) is 4.24. The van der Waals surface area contributed by atoms with E-state index in [1.807, 2.05) is 0 Å². The lowest BCUT2D eigenvalue weighted by atomic mass is 9.86. The summed E-state index contributed by atoms with van der Waals surface area (Å²) in [7, 11) is 0. The number of hydrogen-bond donors (Lipinski definition) is 2. The highest BCUT2D eigenvalue weighted by atomic mass is 35.5. The maximum Gasteiger partial charge on any atom is 0.435 e. The molecule has 31 heavy (non-hydrogen) atoms. The second-order valence-corrected chi connectivity index (χ2v) is 9.95. The minimum absolute atomic E-state index is 0.0629. The number of carbonyl (C=O) groups is 1. The SMILES string of the molecule is Cc1cc(C2=NOC(c3cc(Cl)cc(Cl)c3)(C(F)(F)F)C2)ccc1C(=O)N[SH]1COC1. The summed E-state index contributed by atoms with van der Waals surface area (Å²) >= 11 is 11.2. The van der Waals surface area contributed by atoms with Crippen LogP contribution in [0.1, 0.15) is 33.5 Å². The molecular formula is C20H17Cl2F3N2O3S. The smallest absolute Gasteiger partial charge is 0.374 e. The van der Waals surface area contributed by atoms with Crippen LogP contribution < -0.4 is 4.72 Å². The fraction of sp³-hybridized carbons (Fsp3) is 0.300. The van der Waals surface area contributed by atoms with Crippen LogP contribution in [0.2, 0.25) is 10.0 Å². The van der Waals surface area contributed by atoms with Crippen molar-refractivity contribution in [2.75, 3.05) is 11.9 Å². The average molecular weight is 493 g/mol. The number of aryl methyl sites for hydroxylation is 1. The van der Waals surface area contributed by atoms with Gasteiger partial charge in [-0.25, -0.2) is 0 Å². The molecule has 0 aromatic heterocycles. The molecule has 1 atom stereocenters. The molecule has 0 radical (unpaired) electrons. The monoisotopic (exact) mass is 492 g/mol. The van der Waals surface area contributed by atoms with Gasteiger partial charge in [-0.15, -0.1) is 11.1 Å². The Morgan fingerprint density at radius 2 is 1.84 bits per heavy atom. The molecular weight excluding hydrogens is 476 g/mol. The summed E-state index contributed by atoms with van der Waals surface area (Å²) < 4.78 is 50.3. The lowest BCUT2D eigenvalue weighted by Crippen LogP contribution is -2.42. The Balaban J connectivity index is 1.61. The summed E-state index contributed by atoms with van der Waals surface area (Å²) in [5.74, 6) is 0.819. The summed E-state index contributed by atoms with van der Waals surface area (Å²) in [6.07, 6.45) is -5.32. The number of nitrogens with zero attached hydrogens (tertiary/aromatic N) is 1. The standard InChI is InChI=1S/C20H17Cl2F3N2O3S/c1-11-4-12(2-3-16(11)18(28)27-31-9-29-10-31)17-8-19(30-26-17,20(23,24)25)13-5-14(21)7-15(22)6-13/h2-7,31H,8-10H2,1H3,(H,27,28). The molecule has 166 valence electrons. The van der Waals surface area contributed by atoms with E-state index < -0.39 is 29.3 Å². The Kier molecular flexibility index (Phi) is 5.89. The number of rotatable bonds is 4. The first-order valence-corrected chi connectivity index (χ1v) is 11.6. The van der Waals surface area contributed by atoms with Crippen molar-refractivity contribution < 1.29 is 27.5 Å². The average Bonchev–Trinajstić information content (AvgIpc) is 3.10. The Bertz CT molecular complexity index is 1060. The zero-order valence-electron chi connectivity index (χ0n) is 16.1. The molecule has 1 unspecified atom stereocenters. The first-order valence-electron chi connectivity index (χ1n) is 9.12. The van der Waals surface area contributed by atoms with E-state index in [2.05, 4.69) is 9.88 Å². The molecule has 2 heterocycles. The van der Waals surface area contributed by atoms with Crippen LogP contribution in [0.25, 0.3) is 0 Å². The molecule has 4 rings (SSSR count). The molecule has 0 bridgehead atoms. The summed E-state index contributed by atoms with van der Waals surface area (Å²) in [6.45, 7) is 1.72. The van der Waals surface area contributed by atoms with Gasteiger partial charge in [0.2, 0.25) is 0 Å². The van der Waals surface area contributed by atoms with E-state index in [0.29, 0.717) is 28.6 Å². The number of nitrogens with one attached hydrogen (secondary N) is 1. The van der Waals surface area contributed by atoms with Crippen LogP contribution in [-0.4, -0.2) is 29.7 Å². The summed E-state index contributed by atoms with van der Waals surface area (Å²) in [5, 5.41) is 3.87. The normalized spacial score (nSPS) is 21.9. The predicted octanol–water partition coefficient (Wildman–Crippen LogP) is 5.48. The van der Waals surface area contributed by atoms with Crippen LogP contribution >= 0.6 is 34.3 Å². The van der Waals surface area contributed by atoms with Crippen molar-refractivity contribution in [2.45, 2.75) is 25.1 Å². The summed E-state index contributed by atoms with van der Waals surface area (Å²) in [4.78, 5) is 17.4. The van der Waals surface area contributed by atoms with Crippen LogP contribution in [0, 0.1) is 6.92 Å². The van der Waals surface area contributed by atoms with Gasteiger partial charge in [-0.3, -0.25) is 4.79 Å². The Labute approximate surface area is 189 Å². The minimum atomic E-state index is -4.77. The van der Waals surface area contributed by atoms with Gasteiger partial charge in [0.15, 0.2) is 0 Å². The number of thiol groups is 1. The van der Waals surface area contributed by atoms with Gasteiger partial charge in [0.05, 0.1) is 17.6 Å². The third-order valence-electron chi connectivity index (χ3n) is 5.07. The van der Waals surface area contributed by atoms with Crippen LogP contribution in [-0.2, 0) is 15.2 Å². The molecule has 2 aliphatic rings. The quantitative estimate of drug-likeness (QED) is 0.555. The summed E-state index contributed by atoms with van der Waals surface area (Å²) in [6, 6.07) is 8.44. The second-order valence-electron chi connectivity index (χ2n) is 7.26. The van der Waals surface area contributed by atoms with E-state index in [-0.39, 0.29) is 27.2 Å². The van der Waals surface area contributed by atoms with Crippen LogP contribution in [0.15, 0.2) is 41.6 Å². The number of oxime groups is 1. The Hall–Kier alpha value is -1.94. The highest BCUT2D eigenvalue weighted by Gasteiger charge is 2.62. The number of amides is 1. The van der Waals surface area contributed by atoms with Gasteiger partial charge >= 0.3 is 6.18 Å². The van der Waals surface area contributed by atoms with Gasteiger partial charge in [0.1, 0.15) is 0 Å². The zero-order chi connectivity index (χ0) is 22.4. The number of ether oxygens (including phenoxy) is 1. The van der Waals surface area contributed by atoms with Crippen molar-refractivity contribution in [1.82, 2.24) is 4.72 Å². The molecule has 0 spiro atoms. The Morgan fingerprint density at radius 3 is 2.39 bits per heavy atom. The van der Waals surface area contributed by atoms with Crippen molar-refractivity contribution >= 4 is 45.9 Å². The van der Waals surface area contributed by atoms with Gasteiger partial charge in [-0.1, -0.05) is 34.4 Å². The predicted molar refractivity (Wildman–Crippen MR) is 115 cm³/mol. The number of benzene rings is 2. The fourth-order valence-electron chi connectivity index (χ4n) is 3.39. The highest BCUT2D eigenvalue weighted by molar-refractivity contribution is 8.16. The van der Waals surface area contributed by atoms with Crippen molar-refractivity contribution in [3.8, 4) is 0 Å². The lowest BCUT2D eigenvalue weighted by Gasteiger charge is -2.31. The molecule has 2 aromatic carbocycles. The van der Waals surface area contributed by atoms with Crippen LogP contribution in [0.5, 0.6) is 0 Å². The first-order chi connectivity index (χ1) is 14.6. The molecule has 1 N–H and O–H groups in total. The third-order valence-corrected chi connectivity index (χ3v) is 7.02. The molecule has 11 heteroatoms. The van der Waals surface area contributed by atoms with E-state index in [9.17, 15) is 18.0 Å². The van der Waals surface area contributed by atoms with Crippen molar-refractivity contribution in [3.63, 3.8) is 0 Å². The molecule has 1 fully saturated rings. The van der Waals surface area contributed by atoms with Gasteiger partial charge in [0.25, 0.3) is 11.5 Å². The minimum Gasteiger partial charge on any atom is -0.374 e. The molecule has 5 nitrogen and oxygen atoms in total. The molecule has 0 saturated carbocycles. The van der Waals surface area contributed by atoms with E-state index >= 15 is 0 Å². The molecule has 1 saturated heterocycles.